The molecule has 2 aromatic carbocycles. The molecular formula is C25H22Cl2N4O4S. The number of oxazole rings is 1. The van der Waals surface area contributed by atoms with E-state index >= 15 is 0 Å². The van der Waals surface area contributed by atoms with E-state index in [1.165, 1.54) is 0 Å². The second-order valence-corrected chi connectivity index (χ2v) is 11.1. The normalized spacial score (nSPS) is 11.9. The number of sulfonamides is 1. The van der Waals surface area contributed by atoms with Crippen LogP contribution in [0.15, 0.2) is 52.9 Å². The van der Waals surface area contributed by atoms with Crippen LogP contribution in [0.25, 0.3) is 22.5 Å². The summed E-state index contributed by atoms with van der Waals surface area (Å²) in [6.07, 6.45) is 1.02. The molecule has 0 radical (unpaired) electrons. The molecule has 2 heterocycles. The fourth-order valence-corrected chi connectivity index (χ4v) is 4.49. The average Bonchev–Trinajstić information content (AvgIpc) is 3.22. The molecule has 0 aliphatic heterocycles. The summed E-state index contributed by atoms with van der Waals surface area (Å²) in [6, 6.07) is 16.9. The zero-order chi connectivity index (χ0) is 26.1. The zero-order valence-electron chi connectivity index (χ0n) is 19.7. The molecular weight excluding hydrogens is 523 g/mol. The van der Waals surface area contributed by atoms with Gasteiger partial charge in [-0.3, -0.25) is 0 Å². The standard InChI is InChI=1S/C25H22Cl2N4O4S/c1-25(2,18-12-16(14-28)22(19(27)13-18)34-11-10-26)17-6-4-15(5-7-17)20-8-9-21-23(29-20)30-24(35-21)31-36(3,32)33/h4-9,12-13H,10-11H2,1-3H3,(H,29,30,31). The van der Waals surface area contributed by atoms with Crippen LogP contribution in [0.4, 0.5) is 6.01 Å². The number of pyridine rings is 1. The second kappa shape index (κ2) is 9.97. The number of nitriles is 1. The van der Waals surface area contributed by atoms with Gasteiger partial charge in [-0.15, -0.1) is 11.6 Å². The van der Waals surface area contributed by atoms with Crippen molar-refractivity contribution in [2.24, 2.45) is 0 Å². The monoisotopic (exact) mass is 544 g/mol. The van der Waals surface area contributed by atoms with Crippen molar-refractivity contribution in [3.8, 4) is 23.1 Å². The first-order valence-corrected chi connectivity index (χ1v) is 13.6. The van der Waals surface area contributed by atoms with Gasteiger partial charge in [-0.1, -0.05) is 49.7 Å². The van der Waals surface area contributed by atoms with Gasteiger partial charge in [0, 0.05) is 11.0 Å². The van der Waals surface area contributed by atoms with E-state index in [1.807, 2.05) is 44.2 Å². The lowest BCUT2D eigenvalue weighted by atomic mass is 9.77. The van der Waals surface area contributed by atoms with E-state index in [9.17, 15) is 13.7 Å². The third-order valence-electron chi connectivity index (χ3n) is 5.64. The van der Waals surface area contributed by atoms with Crippen LogP contribution in [-0.2, 0) is 15.4 Å². The van der Waals surface area contributed by atoms with Crippen molar-refractivity contribution in [2.45, 2.75) is 19.3 Å². The minimum Gasteiger partial charge on any atom is -0.489 e. The summed E-state index contributed by atoms with van der Waals surface area (Å²) < 4.78 is 36.0. The van der Waals surface area contributed by atoms with Gasteiger partial charge in [0.15, 0.2) is 11.3 Å². The molecule has 0 amide bonds. The number of rotatable bonds is 8. The van der Waals surface area contributed by atoms with Crippen molar-refractivity contribution < 1.29 is 17.6 Å². The number of alkyl halides is 1. The molecule has 0 saturated heterocycles. The fourth-order valence-electron chi connectivity index (χ4n) is 3.73. The smallest absolute Gasteiger partial charge is 0.311 e. The number of anilines is 1. The third-order valence-corrected chi connectivity index (χ3v) is 6.62. The largest absolute Gasteiger partial charge is 0.489 e. The fraction of sp³-hybridized carbons (Fsp3) is 0.240. The Balaban J connectivity index is 1.63. The molecule has 11 heteroatoms. The molecule has 0 saturated carbocycles. The van der Waals surface area contributed by atoms with Gasteiger partial charge < -0.3 is 9.15 Å². The number of nitrogens with zero attached hydrogens (tertiary/aromatic N) is 3. The molecule has 8 nitrogen and oxygen atoms in total. The van der Waals surface area contributed by atoms with Gasteiger partial charge in [-0.2, -0.15) is 10.2 Å². The molecule has 2 aromatic heterocycles. The molecule has 0 fully saturated rings. The molecule has 186 valence electrons. The van der Waals surface area contributed by atoms with Gasteiger partial charge in [-0.25, -0.2) is 18.1 Å². The van der Waals surface area contributed by atoms with Crippen molar-refractivity contribution in [2.75, 3.05) is 23.5 Å². The number of fused-ring (bicyclic) bond motifs is 1. The number of ether oxygens (including phenoxy) is 1. The highest BCUT2D eigenvalue weighted by Gasteiger charge is 2.26. The minimum absolute atomic E-state index is 0.135. The van der Waals surface area contributed by atoms with Crippen LogP contribution >= 0.6 is 23.2 Å². The first-order valence-electron chi connectivity index (χ1n) is 10.8. The maximum atomic E-state index is 11.4. The van der Waals surface area contributed by atoms with Crippen molar-refractivity contribution in [3.05, 3.63) is 70.2 Å². The molecule has 0 aliphatic rings. The van der Waals surface area contributed by atoms with Crippen molar-refractivity contribution >= 4 is 50.5 Å². The van der Waals surface area contributed by atoms with Crippen LogP contribution in [0.1, 0.15) is 30.5 Å². The Kier molecular flexibility index (Phi) is 7.14. The SMILES string of the molecule is CC(C)(c1ccc(-c2ccc3oc(NS(C)(=O)=O)nc3n2)cc1)c1cc(Cl)c(OCCCl)c(C#N)c1. The summed E-state index contributed by atoms with van der Waals surface area (Å²) in [4.78, 5) is 8.60. The molecule has 4 aromatic rings. The summed E-state index contributed by atoms with van der Waals surface area (Å²) in [5, 5.41) is 9.98. The highest BCUT2D eigenvalue weighted by molar-refractivity contribution is 7.91. The maximum absolute atomic E-state index is 11.4. The molecule has 0 spiro atoms. The van der Waals surface area contributed by atoms with Crippen LogP contribution in [0.2, 0.25) is 5.02 Å². The van der Waals surface area contributed by atoms with Crippen molar-refractivity contribution in [3.63, 3.8) is 0 Å². The third kappa shape index (κ3) is 5.41. The molecule has 4 rings (SSSR count). The molecule has 36 heavy (non-hydrogen) atoms. The van der Waals surface area contributed by atoms with Crippen LogP contribution in [-0.4, -0.2) is 37.1 Å². The Morgan fingerprint density at radius 1 is 1.11 bits per heavy atom. The summed E-state index contributed by atoms with van der Waals surface area (Å²) in [6.45, 7) is 4.35. The first-order chi connectivity index (χ1) is 17.0. The average molecular weight is 545 g/mol. The van der Waals surface area contributed by atoms with E-state index in [0.29, 0.717) is 33.3 Å². The predicted octanol–water partition coefficient (Wildman–Crippen LogP) is 5.73. The molecule has 0 bridgehead atoms. The van der Waals surface area contributed by atoms with Gasteiger partial charge in [-0.05, 0) is 35.4 Å². The van der Waals surface area contributed by atoms with Crippen LogP contribution in [0, 0.1) is 11.3 Å². The first kappa shape index (κ1) is 25.8. The Labute approximate surface area is 218 Å². The van der Waals surface area contributed by atoms with Gasteiger partial charge in [0.25, 0.3) is 0 Å². The predicted molar refractivity (Wildman–Crippen MR) is 140 cm³/mol. The van der Waals surface area contributed by atoms with E-state index in [1.54, 1.807) is 18.2 Å². The highest BCUT2D eigenvalue weighted by Crippen LogP contribution is 2.38. The van der Waals surface area contributed by atoms with Crippen molar-refractivity contribution in [1.82, 2.24) is 9.97 Å². The number of aromatic nitrogens is 2. The van der Waals surface area contributed by atoms with Crippen molar-refractivity contribution in [1.29, 1.82) is 5.26 Å². The molecule has 0 atom stereocenters. The van der Waals surface area contributed by atoms with Crippen LogP contribution in [0.5, 0.6) is 5.75 Å². The summed E-state index contributed by atoms with van der Waals surface area (Å²) in [7, 11) is -3.52. The lowest BCUT2D eigenvalue weighted by Gasteiger charge is -2.27. The highest BCUT2D eigenvalue weighted by atomic mass is 35.5. The van der Waals surface area contributed by atoms with Gasteiger partial charge in [0.05, 0.1) is 28.4 Å². The molecule has 0 aliphatic carbocycles. The quantitative estimate of drug-likeness (QED) is 0.281. The van der Waals surface area contributed by atoms with E-state index in [-0.39, 0.29) is 18.5 Å². The van der Waals surface area contributed by atoms with Gasteiger partial charge >= 0.3 is 6.01 Å². The second-order valence-electron chi connectivity index (χ2n) is 8.60. The molecule has 0 unspecified atom stereocenters. The summed E-state index contributed by atoms with van der Waals surface area (Å²) in [5.41, 5.74) is 3.91. The lowest BCUT2D eigenvalue weighted by Crippen LogP contribution is -2.19. The molecule has 1 N–H and O–H groups in total. The number of hydrogen-bond donors (Lipinski definition) is 1. The number of hydrogen-bond acceptors (Lipinski definition) is 7. The number of halogens is 2. The van der Waals surface area contributed by atoms with Crippen LogP contribution in [0.3, 0.4) is 0 Å². The van der Waals surface area contributed by atoms with Crippen LogP contribution < -0.4 is 9.46 Å². The Morgan fingerprint density at radius 3 is 2.47 bits per heavy atom. The maximum Gasteiger partial charge on any atom is 0.311 e. The van der Waals surface area contributed by atoms with E-state index in [2.05, 4.69) is 20.8 Å². The summed E-state index contributed by atoms with van der Waals surface area (Å²) >= 11 is 12.2. The number of benzene rings is 2. The van der Waals surface area contributed by atoms with E-state index < -0.39 is 15.4 Å². The Bertz CT molecular complexity index is 1580. The van der Waals surface area contributed by atoms with E-state index in [4.69, 9.17) is 32.4 Å². The number of nitrogens with one attached hydrogen (secondary N) is 1. The van der Waals surface area contributed by atoms with Gasteiger partial charge in [0.2, 0.25) is 15.7 Å². The Morgan fingerprint density at radius 2 is 1.83 bits per heavy atom. The topological polar surface area (TPSA) is 118 Å². The zero-order valence-corrected chi connectivity index (χ0v) is 22.0. The minimum atomic E-state index is -3.52. The van der Waals surface area contributed by atoms with E-state index in [0.717, 1.165) is 22.9 Å². The lowest BCUT2D eigenvalue weighted by molar-refractivity contribution is 0.341. The Hall–Kier alpha value is -3.32. The summed E-state index contributed by atoms with van der Waals surface area (Å²) in [5.74, 6) is 0.622. The van der Waals surface area contributed by atoms with Gasteiger partial charge in [0.1, 0.15) is 12.7 Å².